The zero-order valence-electron chi connectivity index (χ0n) is 16.1. The van der Waals surface area contributed by atoms with E-state index >= 15 is 0 Å². The summed E-state index contributed by atoms with van der Waals surface area (Å²) in [7, 11) is 0. The zero-order valence-corrected chi connectivity index (χ0v) is 16.1. The summed E-state index contributed by atoms with van der Waals surface area (Å²) < 4.78 is 35.1. The Balaban J connectivity index is 1.51. The first-order chi connectivity index (χ1) is 15.1. The summed E-state index contributed by atoms with van der Waals surface area (Å²) in [5.41, 5.74) is 0.0979. The smallest absolute Gasteiger partial charge is 0.297 e. The molecule has 2 atom stereocenters. The summed E-state index contributed by atoms with van der Waals surface area (Å²) in [6.45, 7) is 0.491. The van der Waals surface area contributed by atoms with E-state index in [4.69, 9.17) is 4.74 Å². The van der Waals surface area contributed by atoms with Crippen LogP contribution in [0.1, 0.15) is 18.3 Å². The first-order valence-corrected chi connectivity index (χ1v) is 9.59. The lowest BCUT2D eigenvalue weighted by atomic mass is 10.1. The van der Waals surface area contributed by atoms with Crippen LogP contribution in [0, 0.1) is 0 Å². The van der Waals surface area contributed by atoms with E-state index in [9.17, 15) is 13.6 Å². The van der Waals surface area contributed by atoms with Crippen molar-refractivity contribution in [2.24, 2.45) is 0 Å². The third-order valence-corrected chi connectivity index (χ3v) is 5.05. The van der Waals surface area contributed by atoms with Crippen LogP contribution in [0.5, 0.6) is 0 Å². The highest BCUT2D eigenvalue weighted by Gasteiger charge is 2.32. The van der Waals surface area contributed by atoms with Gasteiger partial charge in [-0.1, -0.05) is 12.1 Å². The fourth-order valence-electron chi connectivity index (χ4n) is 3.58. The van der Waals surface area contributed by atoms with E-state index in [-0.39, 0.29) is 24.6 Å². The summed E-state index contributed by atoms with van der Waals surface area (Å²) in [6, 6.07) is 10.8. The number of aromatic nitrogens is 6. The van der Waals surface area contributed by atoms with Gasteiger partial charge >= 0.3 is 0 Å². The molecule has 0 aliphatic carbocycles. The second-order valence-electron chi connectivity index (χ2n) is 7.03. The Morgan fingerprint density at radius 2 is 1.97 bits per heavy atom. The van der Waals surface area contributed by atoms with Crippen molar-refractivity contribution in [1.29, 1.82) is 0 Å². The third kappa shape index (κ3) is 3.63. The average molecular weight is 425 g/mol. The van der Waals surface area contributed by atoms with Crippen molar-refractivity contribution in [2.75, 3.05) is 18.5 Å². The number of fused-ring (bicyclic) bond motifs is 1. The lowest BCUT2D eigenvalue weighted by Gasteiger charge is -2.22. The predicted octanol–water partition coefficient (Wildman–Crippen LogP) is 2.36. The van der Waals surface area contributed by atoms with Gasteiger partial charge in [-0.15, -0.1) is 5.10 Å². The maximum absolute atomic E-state index is 13.3. The fourth-order valence-corrected chi connectivity index (χ4v) is 3.58. The fraction of sp³-hybridized carbons (Fsp3) is 0.250. The molecule has 3 aromatic heterocycles. The van der Waals surface area contributed by atoms with Crippen molar-refractivity contribution in [3.8, 4) is 5.82 Å². The molecule has 1 aliphatic heterocycles. The van der Waals surface area contributed by atoms with Crippen molar-refractivity contribution in [3.63, 3.8) is 0 Å². The molecule has 0 bridgehead atoms. The molecule has 4 aromatic rings. The van der Waals surface area contributed by atoms with Crippen LogP contribution in [-0.4, -0.2) is 48.8 Å². The number of nitrogens with zero attached hydrogens (tertiary/aromatic N) is 6. The van der Waals surface area contributed by atoms with Crippen LogP contribution in [0.15, 0.2) is 59.7 Å². The number of hydrogen-bond acceptors (Lipinski definition) is 7. The van der Waals surface area contributed by atoms with Crippen molar-refractivity contribution < 1.29 is 13.5 Å². The Labute approximate surface area is 174 Å². The number of rotatable bonds is 5. The lowest BCUT2D eigenvalue weighted by Crippen LogP contribution is -2.37. The monoisotopic (exact) mass is 425 g/mol. The topological polar surface area (TPSA) is 99.8 Å². The van der Waals surface area contributed by atoms with Gasteiger partial charge < -0.3 is 10.1 Å². The molecule has 31 heavy (non-hydrogen) atoms. The maximum atomic E-state index is 13.3. The van der Waals surface area contributed by atoms with E-state index in [1.165, 1.54) is 10.7 Å². The van der Waals surface area contributed by atoms with Gasteiger partial charge in [0.1, 0.15) is 11.9 Å². The highest BCUT2D eigenvalue weighted by atomic mass is 19.3. The standard InChI is InChI=1S/C20H17F2N7O2/c21-18(22)20-24-13-5-2-1-4-12(13)19(26-20)25-14-10-31-11-15(14)29-17(30)7-6-16(27-29)28-9-3-8-23-28/h1-9,14-15,18H,10-11H2,(H,24,25,26). The molecule has 0 radical (unpaired) electrons. The molecule has 0 saturated carbocycles. The Kier molecular flexibility index (Phi) is 4.86. The van der Waals surface area contributed by atoms with Crippen LogP contribution < -0.4 is 10.9 Å². The van der Waals surface area contributed by atoms with Gasteiger partial charge in [0.05, 0.1) is 24.8 Å². The Morgan fingerprint density at radius 3 is 2.77 bits per heavy atom. The van der Waals surface area contributed by atoms with Gasteiger partial charge in [-0.3, -0.25) is 4.79 Å². The highest BCUT2D eigenvalue weighted by Crippen LogP contribution is 2.28. The molecule has 1 saturated heterocycles. The second-order valence-corrected chi connectivity index (χ2v) is 7.03. The third-order valence-electron chi connectivity index (χ3n) is 5.05. The molecule has 1 fully saturated rings. The van der Waals surface area contributed by atoms with E-state index in [1.54, 1.807) is 53.5 Å². The lowest BCUT2D eigenvalue weighted by molar-refractivity contribution is 0.141. The molecule has 4 heterocycles. The van der Waals surface area contributed by atoms with Crippen molar-refractivity contribution >= 4 is 16.7 Å². The number of hydrogen-bond donors (Lipinski definition) is 1. The number of nitrogens with one attached hydrogen (secondary N) is 1. The van der Waals surface area contributed by atoms with Gasteiger partial charge in [0, 0.05) is 23.8 Å². The van der Waals surface area contributed by atoms with Crippen LogP contribution in [0.2, 0.25) is 0 Å². The SMILES string of the molecule is O=c1ccc(-n2cccn2)nn1C1COCC1Nc1nc(C(F)F)nc2ccccc12. The van der Waals surface area contributed by atoms with Gasteiger partial charge in [-0.25, -0.2) is 28.1 Å². The number of anilines is 1. The highest BCUT2D eigenvalue weighted by molar-refractivity contribution is 5.89. The van der Waals surface area contributed by atoms with Gasteiger partial charge in [-0.2, -0.15) is 5.10 Å². The van der Waals surface area contributed by atoms with Crippen molar-refractivity contribution in [1.82, 2.24) is 29.5 Å². The van der Waals surface area contributed by atoms with E-state index in [0.717, 1.165) is 0 Å². The molecule has 1 N–H and O–H groups in total. The van der Waals surface area contributed by atoms with Crippen LogP contribution in [0.3, 0.4) is 0 Å². The number of ether oxygens (including phenoxy) is 1. The number of benzene rings is 1. The number of para-hydroxylation sites is 1. The van der Waals surface area contributed by atoms with E-state index in [1.807, 2.05) is 0 Å². The zero-order chi connectivity index (χ0) is 21.4. The summed E-state index contributed by atoms with van der Waals surface area (Å²) in [5, 5.41) is 12.3. The van der Waals surface area contributed by atoms with E-state index in [0.29, 0.717) is 16.7 Å². The van der Waals surface area contributed by atoms with Crippen molar-refractivity contribution in [2.45, 2.75) is 18.5 Å². The molecular weight excluding hydrogens is 408 g/mol. The molecule has 11 heteroatoms. The largest absolute Gasteiger partial charge is 0.377 e. The molecule has 5 rings (SSSR count). The maximum Gasteiger partial charge on any atom is 0.297 e. The van der Waals surface area contributed by atoms with Gasteiger partial charge in [0.15, 0.2) is 11.6 Å². The molecule has 0 amide bonds. The molecule has 0 spiro atoms. The molecule has 1 aliphatic rings. The van der Waals surface area contributed by atoms with Crippen molar-refractivity contribution in [3.05, 3.63) is 71.0 Å². The molecule has 2 unspecified atom stereocenters. The first kappa shape index (κ1) is 19.2. The summed E-state index contributed by atoms with van der Waals surface area (Å²) in [6.07, 6.45) is 0.522. The minimum absolute atomic E-state index is 0.234. The van der Waals surface area contributed by atoms with Crippen LogP contribution >= 0.6 is 0 Å². The Bertz CT molecular complexity index is 1280. The molecular formula is C20H17F2N7O2. The average Bonchev–Trinajstić information content (AvgIpc) is 3.46. The summed E-state index contributed by atoms with van der Waals surface area (Å²) in [5.74, 6) is 0.174. The van der Waals surface area contributed by atoms with Crippen LogP contribution in [-0.2, 0) is 4.74 Å². The summed E-state index contributed by atoms with van der Waals surface area (Å²) >= 11 is 0. The van der Waals surface area contributed by atoms with Crippen LogP contribution in [0.25, 0.3) is 16.7 Å². The van der Waals surface area contributed by atoms with Crippen LogP contribution in [0.4, 0.5) is 14.6 Å². The Morgan fingerprint density at radius 1 is 1.10 bits per heavy atom. The normalized spacial score (nSPS) is 18.7. The molecule has 1 aromatic carbocycles. The minimum Gasteiger partial charge on any atom is -0.377 e. The Hall–Kier alpha value is -3.73. The number of alkyl halides is 2. The van der Waals surface area contributed by atoms with E-state index < -0.39 is 24.3 Å². The predicted molar refractivity (Wildman–Crippen MR) is 107 cm³/mol. The van der Waals surface area contributed by atoms with E-state index in [2.05, 4.69) is 25.5 Å². The second kappa shape index (κ2) is 7.84. The van der Waals surface area contributed by atoms with Gasteiger partial charge in [-0.05, 0) is 24.3 Å². The van der Waals surface area contributed by atoms with Gasteiger partial charge in [0.2, 0.25) is 0 Å². The minimum atomic E-state index is -2.81. The first-order valence-electron chi connectivity index (χ1n) is 9.59. The van der Waals surface area contributed by atoms with Gasteiger partial charge in [0.25, 0.3) is 12.0 Å². The molecule has 158 valence electrons. The summed E-state index contributed by atoms with van der Waals surface area (Å²) in [4.78, 5) is 20.5. The molecule has 9 nitrogen and oxygen atoms in total. The number of halogens is 2. The quantitative estimate of drug-likeness (QED) is 0.524.